The van der Waals surface area contributed by atoms with E-state index in [9.17, 15) is 5.11 Å². The Morgan fingerprint density at radius 1 is 1.24 bits per heavy atom. The van der Waals surface area contributed by atoms with Crippen LogP contribution < -0.4 is 5.32 Å². The van der Waals surface area contributed by atoms with Gasteiger partial charge in [-0.25, -0.2) is 0 Å². The van der Waals surface area contributed by atoms with Crippen molar-refractivity contribution in [3.63, 3.8) is 0 Å². The number of hydrogen-bond acceptors (Lipinski definition) is 5. The van der Waals surface area contributed by atoms with Crippen molar-refractivity contribution in [3.05, 3.63) is 28.8 Å². The second kappa shape index (κ2) is 7.52. The Bertz CT molecular complexity index is 767. The van der Waals surface area contributed by atoms with Crippen LogP contribution in [0.4, 0.5) is 0 Å². The number of ether oxygens (including phenoxy) is 3. The number of phenols is 1. The Morgan fingerprint density at radius 3 is 2.69 bits per heavy atom. The molecular weight excluding hydrogens is 366 g/mol. The SMILES string of the molecule is CCc1ccc2c(c1O)C(CCNC)(CC1(CC)OCCC(C)O1)C1(C)OC1C2. The maximum Gasteiger partial charge on any atom is 0.169 e. The van der Waals surface area contributed by atoms with Gasteiger partial charge in [0.05, 0.1) is 18.8 Å². The van der Waals surface area contributed by atoms with Crippen LogP contribution in [-0.2, 0) is 32.5 Å². The van der Waals surface area contributed by atoms with Crippen LogP contribution >= 0.6 is 0 Å². The van der Waals surface area contributed by atoms with E-state index in [1.807, 2.05) is 7.05 Å². The lowest BCUT2D eigenvalue weighted by molar-refractivity contribution is -0.302. The van der Waals surface area contributed by atoms with Gasteiger partial charge in [-0.15, -0.1) is 0 Å². The van der Waals surface area contributed by atoms with E-state index < -0.39 is 5.79 Å². The van der Waals surface area contributed by atoms with E-state index in [4.69, 9.17) is 14.2 Å². The highest BCUT2D eigenvalue weighted by molar-refractivity contribution is 5.56. The summed E-state index contributed by atoms with van der Waals surface area (Å²) in [7, 11) is 1.98. The summed E-state index contributed by atoms with van der Waals surface area (Å²) in [5, 5.41) is 14.7. The van der Waals surface area contributed by atoms with Crippen LogP contribution in [0.3, 0.4) is 0 Å². The molecule has 2 fully saturated rings. The summed E-state index contributed by atoms with van der Waals surface area (Å²) in [5.74, 6) is -0.194. The molecule has 5 heteroatoms. The number of aryl methyl sites for hydroxylation is 1. The van der Waals surface area contributed by atoms with Gasteiger partial charge in [0, 0.05) is 23.8 Å². The normalized spacial score (nSPS) is 38.4. The van der Waals surface area contributed by atoms with Crippen molar-refractivity contribution in [2.75, 3.05) is 20.2 Å². The Balaban J connectivity index is 1.87. The molecule has 162 valence electrons. The van der Waals surface area contributed by atoms with Crippen LogP contribution in [0.5, 0.6) is 5.75 Å². The van der Waals surface area contributed by atoms with Crippen molar-refractivity contribution >= 4 is 0 Å². The number of rotatable bonds is 7. The fourth-order valence-electron chi connectivity index (χ4n) is 5.83. The average Bonchev–Trinajstić information content (AvgIpc) is 3.38. The summed E-state index contributed by atoms with van der Waals surface area (Å²) < 4.78 is 19.2. The standard InChI is InChI=1S/C24H37NO4/c1-6-17-8-9-18-14-19-22(4,29-19)23(11-12-25-5,20(18)21(17)26)15-24(7-2)27-13-10-16(3)28-24/h8-9,16,19,25-26H,6-7,10-15H2,1-5H3. The number of aromatic hydroxyl groups is 1. The topological polar surface area (TPSA) is 63.2 Å². The predicted octanol–water partition coefficient (Wildman–Crippen LogP) is 3.84. The van der Waals surface area contributed by atoms with Crippen LogP contribution in [0.25, 0.3) is 0 Å². The molecule has 1 aromatic rings. The summed E-state index contributed by atoms with van der Waals surface area (Å²) in [6.45, 7) is 10.2. The highest BCUT2D eigenvalue weighted by atomic mass is 16.7. The van der Waals surface area contributed by atoms with E-state index in [1.165, 1.54) is 5.56 Å². The van der Waals surface area contributed by atoms with Gasteiger partial charge in [-0.3, -0.25) is 0 Å². The van der Waals surface area contributed by atoms with Crippen molar-refractivity contribution in [1.82, 2.24) is 5.32 Å². The molecule has 4 rings (SSSR count). The molecule has 2 N–H and O–H groups in total. The van der Waals surface area contributed by atoms with Crippen molar-refractivity contribution in [2.24, 2.45) is 0 Å². The molecule has 0 amide bonds. The fraction of sp³-hybridized carbons (Fsp3) is 0.750. The lowest BCUT2D eigenvalue weighted by Gasteiger charge is -2.50. The molecule has 0 bridgehead atoms. The Kier molecular flexibility index (Phi) is 5.48. The first-order valence-electron chi connectivity index (χ1n) is 11.3. The van der Waals surface area contributed by atoms with E-state index in [0.717, 1.165) is 49.8 Å². The molecule has 5 nitrogen and oxygen atoms in total. The molecule has 2 saturated heterocycles. The van der Waals surface area contributed by atoms with E-state index in [-0.39, 0.29) is 23.2 Å². The number of epoxide rings is 1. The fourth-order valence-corrected chi connectivity index (χ4v) is 5.83. The van der Waals surface area contributed by atoms with Crippen molar-refractivity contribution in [2.45, 2.75) is 95.2 Å². The molecule has 0 radical (unpaired) electrons. The molecule has 5 atom stereocenters. The average molecular weight is 404 g/mol. The molecule has 0 aromatic heterocycles. The third-order valence-corrected chi connectivity index (χ3v) is 7.72. The highest BCUT2D eigenvalue weighted by Crippen LogP contribution is 2.64. The van der Waals surface area contributed by atoms with Crippen LogP contribution in [0.1, 0.15) is 70.1 Å². The minimum absolute atomic E-state index is 0.174. The monoisotopic (exact) mass is 403 g/mol. The van der Waals surface area contributed by atoms with Gasteiger partial charge in [0.25, 0.3) is 0 Å². The Hall–Kier alpha value is -1.14. The number of benzene rings is 1. The molecule has 3 aliphatic rings. The van der Waals surface area contributed by atoms with Gasteiger partial charge in [0.1, 0.15) is 11.4 Å². The van der Waals surface area contributed by atoms with Gasteiger partial charge in [-0.2, -0.15) is 0 Å². The van der Waals surface area contributed by atoms with Gasteiger partial charge in [-0.1, -0.05) is 26.0 Å². The molecule has 1 aromatic carbocycles. The second-order valence-corrected chi connectivity index (χ2v) is 9.32. The van der Waals surface area contributed by atoms with Crippen molar-refractivity contribution < 1.29 is 19.3 Å². The highest BCUT2D eigenvalue weighted by Gasteiger charge is 2.70. The summed E-state index contributed by atoms with van der Waals surface area (Å²) in [4.78, 5) is 0. The predicted molar refractivity (Wildman–Crippen MR) is 113 cm³/mol. The largest absolute Gasteiger partial charge is 0.507 e. The molecular formula is C24H37NO4. The van der Waals surface area contributed by atoms with E-state index in [1.54, 1.807) is 0 Å². The molecule has 29 heavy (non-hydrogen) atoms. The van der Waals surface area contributed by atoms with Crippen molar-refractivity contribution in [3.8, 4) is 5.75 Å². The first kappa shape index (κ1) is 21.1. The van der Waals surface area contributed by atoms with Crippen LogP contribution in [-0.4, -0.2) is 48.9 Å². The zero-order valence-corrected chi connectivity index (χ0v) is 18.6. The molecule has 1 aliphatic carbocycles. The summed E-state index contributed by atoms with van der Waals surface area (Å²) in [6, 6.07) is 4.28. The van der Waals surface area contributed by atoms with E-state index in [2.05, 4.69) is 45.1 Å². The summed E-state index contributed by atoms with van der Waals surface area (Å²) in [5.41, 5.74) is 2.62. The zero-order chi connectivity index (χ0) is 20.9. The van der Waals surface area contributed by atoms with Gasteiger partial charge < -0.3 is 24.6 Å². The summed E-state index contributed by atoms with van der Waals surface area (Å²) in [6.07, 6.45) is 5.30. The smallest absolute Gasteiger partial charge is 0.169 e. The maximum absolute atomic E-state index is 11.4. The van der Waals surface area contributed by atoms with Gasteiger partial charge in [0.15, 0.2) is 5.79 Å². The van der Waals surface area contributed by atoms with E-state index >= 15 is 0 Å². The quantitative estimate of drug-likeness (QED) is 0.678. The third-order valence-electron chi connectivity index (χ3n) is 7.72. The third kappa shape index (κ3) is 3.21. The zero-order valence-electron chi connectivity index (χ0n) is 18.6. The number of phenolic OH excluding ortho intramolecular Hbond substituents is 1. The number of fused-ring (bicyclic) bond motifs is 2. The number of nitrogens with one attached hydrogen (secondary N) is 1. The molecule has 2 aliphatic heterocycles. The van der Waals surface area contributed by atoms with Crippen molar-refractivity contribution in [1.29, 1.82) is 0 Å². The molecule has 5 unspecified atom stereocenters. The van der Waals surface area contributed by atoms with Gasteiger partial charge in [-0.05, 0) is 64.3 Å². The first-order valence-corrected chi connectivity index (χ1v) is 11.3. The van der Waals surface area contributed by atoms with E-state index in [0.29, 0.717) is 18.8 Å². The lowest BCUT2D eigenvalue weighted by Crippen LogP contribution is -2.55. The summed E-state index contributed by atoms with van der Waals surface area (Å²) >= 11 is 0. The Morgan fingerprint density at radius 2 is 2.03 bits per heavy atom. The second-order valence-electron chi connectivity index (χ2n) is 9.32. The molecule has 0 spiro atoms. The minimum atomic E-state index is -0.645. The number of hydrogen-bond donors (Lipinski definition) is 2. The van der Waals surface area contributed by atoms with Crippen LogP contribution in [0.2, 0.25) is 0 Å². The maximum atomic E-state index is 11.4. The first-order chi connectivity index (χ1) is 13.8. The molecule has 0 saturated carbocycles. The van der Waals surface area contributed by atoms with Crippen LogP contribution in [0.15, 0.2) is 12.1 Å². The van der Waals surface area contributed by atoms with Gasteiger partial charge in [0.2, 0.25) is 0 Å². The minimum Gasteiger partial charge on any atom is -0.507 e. The van der Waals surface area contributed by atoms with Crippen LogP contribution in [0, 0.1) is 0 Å². The lowest BCUT2D eigenvalue weighted by atomic mass is 9.58. The molecule has 2 heterocycles. The van der Waals surface area contributed by atoms with Gasteiger partial charge >= 0.3 is 0 Å². The Labute approximate surface area is 175 Å².